The lowest BCUT2D eigenvalue weighted by atomic mass is 10.1. The second-order valence-electron chi connectivity index (χ2n) is 6.57. The van der Waals surface area contributed by atoms with Crippen molar-refractivity contribution in [3.8, 4) is 0 Å². The van der Waals surface area contributed by atoms with Crippen LogP contribution in [-0.2, 0) is 26.1 Å². The Kier molecular flexibility index (Phi) is 10.3. The summed E-state index contributed by atoms with van der Waals surface area (Å²) >= 11 is 0. The van der Waals surface area contributed by atoms with Crippen molar-refractivity contribution in [3.63, 3.8) is 0 Å². The van der Waals surface area contributed by atoms with E-state index in [-0.39, 0.29) is 29.8 Å². The van der Waals surface area contributed by atoms with Crippen LogP contribution in [0.4, 0.5) is 4.39 Å². The van der Waals surface area contributed by atoms with Crippen molar-refractivity contribution in [3.05, 3.63) is 70.5 Å². The normalized spacial score (nSPS) is 11.3. The molecule has 0 aliphatic rings. The Bertz CT molecular complexity index is 747. The molecule has 2 rings (SSSR count). The van der Waals surface area contributed by atoms with E-state index < -0.39 is 0 Å². The fourth-order valence-corrected chi connectivity index (χ4v) is 2.86. The predicted molar refractivity (Wildman–Crippen MR) is 122 cm³/mol. The third kappa shape index (κ3) is 7.46. The van der Waals surface area contributed by atoms with Gasteiger partial charge in [0.05, 0.1) is 0 Å². The average Bonchev–Trinajstić information content (AvgIpc) is 2.64. The molecule has 148 valence electrons. The third-order valence-electron chi connectivity index (χ3n) is 4.23. The first-order valence-electron chi connectivity index (χ1n) is 8.96. The molecule has 0 aromatic heterocycles. The molecule has 0 spiro atoms. The van der Waals surface area contributed by atoms with Crippen LogP contribution in [0.3, 0.4) is 0 Å². The van der Waals surface area contributed by atoms with E-state index in [2.05, 4.69) is 46.8 Å². The minimum Gasteiger partial charge on any atom is -0.352 e. The van der Waals surface area contributed by atoms with Gasteiger partial charge in [0.2, 0.25) is 0 Å². The molecule has 2 N–H and O–H groups in total. The van der Waals surface area contributed by atoms with E-state index in [0.717, 1.165) is 24.5 Å². The van der Waals surface area contributed by atoms with Crippen molar-refractivity contribution < 1.29 is 4.39 Å². The van der Waals surface area contributed by atoms with Crippen LogP contribution in [0.2, 0.25) is 0 Å². The molecule has 2 aromatic rings. The Hall–Kier alpha value is -1.67. The highest BCUT2D eigenvalue weighted by molar-refractivity contribution is 14.0. The number of nitrogens with zero attached hydrogens (tertiary/aromatic N) is 2. The monoisotopic (exact) mass is 484 g/mol. The lowest BCUT2D eigenvalue weighted by Crippen LogP contribution is -2.36. The first kappa shape index (κ1) is 23.4. The van der Waals surface area contributed by atoms with Crippen LogP contribution in [0.1, 0.15) is 29.2 Å². The summed E-state index contributed by atoms with van der Waals surface area (Å²) < 4.78 is 13.9. The average molecular weight is 484 g/mol. The molecule has 27 heavy (non-hydrogen) atoms. The van der Waals surface area contributed by atoms with Crippen molar-refractivity contribution in [2.24, 2.45) is 4.99 Å². The van der Waals surface area contributed by atoms with Gasteiger partial charge in [0.25, 0.3) is 0 Å². The molecule has 0 saturated carbocycles. The fourth-order valence-electron chi connectivity index (χ4n) is 2.86. The highest BCUT2D eigenvalue weighted by Gasteiger charge is 2.06. The predicted octanol–water partition coefficient (Wildman–Crippen LogP) is 3.93. The topological polar surface area (TPSA) is 39.7 Å². The van der Waals surface area contributed by atoms with Crippen LogP contribution in [0.25, 0.3) is 0 Å². The van der Waals surface area contributed by atoms with Crippen LogP contribution in [0.5, 0.6) is 0 Å². The highest BCUT2D eigenvalue weighted by Crippen LogP contribution is 2.12. The number of guanidine groups is 1. The van der Waals surface area contributed by atoms with Gasteiger partial charge < -0.3 is 15.5 Å². The van der Waals surface area contributed by atoms with E-state index in [4.69, 9.17) is 0 Å². The number of hydrogen-bond donors (Lipinski definition) is 2. The molecule has 0 unspecified atom stereocenters. The Morgan fingerprint density at radius 2 is 1.67 bits per heavy atom. The van der Waals surface area contributed by atoms with E-state index in [1.54, 1.807) is 13.1 Å². The molecule has 0 aliphatic carbocycles. The maximum atomic E-state index is 13.9. The summed E-state index contributed by atoms with van der Waals surface area (Å²) in [7, 11) is 5.62. The molecular weight excluding hydrogens is 454 g/mol. The van der Waals surface area contributed by atoms with E-state index in [1.807, 2.05) is 25.1 Å². The van der Waals surface area contributed by atoms with Crippen molar-refractivity contribution in [2.75, 3.05) is 21.1 Å². The Balaban J connectivity index is 0.00000364. The van der Waals surface area contributed by atoms with Crippen LogP contribution >= 0.6 is 24.0 Å². The quantitative estimate of drug-likeness (QED) is 0.356. The summed E-state index contributed by atoms with van der Waals surface area (Å²) in [6.07, 6.45) is 1.01. The van der Waals surface area contributed by atoms with Gasteiger partial charge in [-0.05, 0) is 49.3 Å². The summed E-state index contributed by atoms with van der Waals surface area (Å²) in [6.45, 7) is 4.06. The minimum absolute atomic E-state index is 0. The van der Waals surface area contributed by atoms with Gasteiger partial charge in [-0.25, -0.2) is 4.39 Å². The van der Waals surface area contributed by atoms with Gasteiger partial charge in [-0.3, -0.25) is 4.99 Å². The van der Waals surface area contributed by atoms with Crippen LogP contribution in [-0.4, -0.2) is 32.0 Å². The van der Waals surface area contributed by atoms with Crippen LogP contribution in [0, 0.1) is 5.82 Å². The summed E-state index contributed by atoms with van der Waals surface area (Å²) in [5.41, 5.74) is 4.34. The zero-order valence-electron chi connectivity index (χ0n) is 16.6. The molecule has 0 amide bonds. The van der Waals surface area contributed by atoms with Crippen molar-refractivity contribution in [1.82, 2.24) is 15.5 Å². The Morgan fingerprint density at radius 3 is 2.30 bits per heavy atom. The first-order chi connectivity index (χ1) is 12.5. The molecule has 0 aliphatic heterocycles. The second kappa shape index (κ2) is 11.9. The number of rotatable bonds is 7. The number of aryl methyl sites for hydroxylation is 1. The zero-order valence-corrected chi connectivity index (χ0v) is 18.9. The van der Waals surface area contributed by atoms with Gasteiger partial charge in [-0.2, -0.15) is 0 Å². The fraction of sp³-hybridized carbons (Fsp3) is 0.381. The molecule has 4 nitrogen and oxygen atoms in total. The van der Waals surface area contributed by atoms with Gasteiger partial charge in [0, 0.05) is 32.2 Å². The lowest BCUT2D eigenvalue weighted by molar-refractivity contribution is 0.392. The summed E-state index contributed by atoms with van der Waals surface area (Å²) in [5.74, 6) is 0.565. The number of aliphatic imine (C=N–C) groups is 1. The van der Waals surface area contributed by atoms with Gasteiger partial charge in [0.1, 0.15) is 5.82 Å². The molecule has 0 radical (unpaired) electrons. The van der Waals surface area contributed by atoms with Gasteiger partial charge in [-0.1, -0.05) is 37.3 Å². The van der Waals surface area contributed by atoms with Gasteiger partial charge in [0.15, 0.2) is 5.96 Å². The Morgan fingerprint density at radius 1 is 1.00 bits per heavy atom. The molecule has 0 atom stereocenters. The molecule has 2 aromatic carbocycles. The minimum atomic E-state index is -0.166. The second-order valence-corrected chi connectivity index (χ2v) is 6.57. The SMILES string of the molecule is CCc1ccccc1CNC(=NC)NCc1ccc(F)c(CN(C)C)c1.I. The van der Waals surface area contributed by atoms with Crippen LogP contribution < -0.4 is 10.6 Å². The van der Waals surface area contributed by atoms with E-state index in [1.165, 1.54) is 17.2 Å². The van der Waals surface area contributed by atoms with Crippen LogP contribution in [0.15, 0.2) is 47.5 Å². The Labute approximate surface area is 179 Å². The van der Waals surface area contributed by atoms with Crippen molar-refractivity contribution in [1.29, 1.82) is 0 Å². The van der Waals surface area contributed by atoms with Gasteiger partial charge >= 0.3 is 0 Å². The van der Waals surface area contributed by atoms with E-state index in [9.17, 15) is 4.39 Å². The molecular formula is C21H30FIN4. The molecule has 0 saturated heterocycles. The molecule has 0 bridgehead atoms. The van der Waals surface area contributed by atoms with Crippen molar-refractivity contribution in [2.45, 2.75) is 33.0 Å². The molecule has 6 heteroatoms. The number of benzene rings is 2. The standard InChI is InChI=1S/C21H29FN4.HI/c1-5-17-8-6-7-9-18(17)14-25-21(23-2)24-13-16-10-11-20(22)19(12-16)15-26(3)4;/h6-12H,5,13-15H2,1-4H3,(H2,23,24,25);1H. The first-order valence-corrected chi connectivity index (χ1v) is 8.96. The smallest absolute Gasteiger partial charge is 0.191 e. The maximum absolute atomic E-state index is 13.9. The number of nitrogens with one attached hydrogen (secondary N) is 2. The van der Waals surface area contributed by atoms with E-state index in [0.29, 0.717) is 18.7 Å². The maximum Gasteiger partial charge on any atom is 0.191 e. The summed E-state index contributed by atoms with van der Waals surface area (Å²) in [5, 5.41) is 6.64. The highest BCUT2D eigenvalue weighted by atomic mass is 127. The van der Waals surface area contributed by atoms with Gasteiger partial charge in [-0.15, -0.1) is 24.0 Å². The van der Waals surface area contributed by atoms with Crippen molar-refractivity contribution >= 4 is 29.9 Å². The molecule has 0 heterocycles. The zero-order chi connectivity index (χ0) is 18.9. The number of hydrogen-bond acceptors (Lipinski definition) is 2. The molecule has 0 fully saturated rings. The number of halogens is 2. The lowest BCUT2D eigenvalue weighted by Gasteiger charge is -2.15. The van der Waals surface area contributed by atoms with E-state index >= 15 is 0 Å². The largest absolute Gasteiger partial charge is 0.352 e. The summed E-state index contributed by atoms with van der Waals surface area (Å²) in [4.78, 5) is 6.23. The third-order valence-corrected chi connectivity index (χ3v) is 4.23. The summed E-state index contributed by atoms with van der Waals surface area (Å²) in [6, 6.07) is 13.6.